The van der Waals surface area contributed by atoms with Crippen LogP contribution in [-0.2, 0) is 0 Å². The molecule has 0 spiro atoms. The molecule has 0 unspecified atom stereocenters. The smallest absolute Gasteiger partial charge is 0.319 e. The van der Waals surface area contributed by atoms with Gasteiger partial charge in [-0.1, -0.05) is 6.07 Å². The number of benzene rings is 1. The Balaban J connectivity index is 1.49. The third-order valence-corrected chi connectivity index (χ3v) is 4.08. The Morgan fingerprint density at radius 3 is 2.39 bits per heavy atom. The number of hydrogen-bond donors (Lipinski definition) is 3. The molecule has 0 aliphatic rings. The van der Waals surface area contributed by atoms with E-state index in [1.54, 1.807) is 4.68 Å². The quantitative estimate of drug-likeness (QED) is 0.572. The van der Waals surface area contributed by atoms with Crippen LogP contribution in [0.1, 0.15) is 22.5 Å². The SMILES string of the molecule is Cc1cc(C)cc(NC(=O)NCCNc2cc(-n3nc(C)cc3C)ncn2)c1. The van der Waals surface area contributed by atoms with Crippen LogP contribution in [0, 0.1) is 27.7 Å². The third-order valence-electron chi connectivity index (χ3n) is 4.08. The van der Waals surface area contributed by atoms with Gasteiger partial charge in [0.25, 0.3) is 0 Å². The normalized spacial score (nSPS) is 10.6. The highest BCUT2D eigenvalue weighted by Gasteiger charge is 2.07. The van der Waals surface area contributed by atoms with Crippen LogP contribution in [0.15, 0.2) is 36.7 Å². The highest BCUT2D eigenvalue weighted by Crippen LogP contribution is 2.14. The molecule has 28 heavy (non-hydrogen) atoms. The van der Waals surface area contributed by atoms with Crippen LogP contribution in [0.4, 0.5) is 16.3 Å². The predicted molar refractivity (Wildman–Crippen MR) is 110 cm³/mol. The second-order valence-electron chi connectivity index (χ2n) is 6.78. The summed E-state index contributed by atoms with van der Waals surface area (Å²) in [6.07, 6.45) is 1.49. The van der Waals surface area contributed by atoms with Gasteiger partial charge in [-0.25, -0.2) is 19.4 Å². The summed E-state index contributed by atoms with van der Waals surface area (Å²) in [7, 11) is 0. The van der Waals surface area contributed by atoms with Gasteiger partial charge in [0.1, 0.15) is 12.1 Å². The van der Waals surface area contributed by atoms with Gasteiger partial charge in [0.2, 0.25) is 0 Å². The Labute approximate surface area is 164 Å². The molecule has 8 nitrogen and oxygen atoms in total. The Morgan fingerprint density at radius 2 is 1.71 bits per heavy atom. The first-order chi connectivity index (χ1) is 13.4. The van der Waals surface area contributed by atoms with E-state index in [1.807, 2.05) is 52.0 Å². The van der Waals surface area contributed by atoms with Crippen molar-refractivity contribution in [1.82, 2.24) is 25.1 Å². The number of rotatable bonds is 6. The number of urea groups is 1. The molecule has 0 atom stereocenters. The summed E-state index contributed by atoms with van der Waals surface area (Å²) >= 11 is 0. The van der Waals surface area contributed by atoms with Crippen LogP contribution >= 0.6 is 0 Å². The molecule has 146 valence electrons. The molecule has 0 aliphatic carbocycles. The average molecular weight is 379 g/mol. The van der Waals surface area contributed by atoms with Gasteiger partial charge in [-0.3, -0.25) is 0 Å². The van der Waals surface area contributed by atoms with Crippen molar-refractivity contribution < 1.29 is 4.79 Å². The van der Waals surface area contributed by atoms with E-state index in [2.05, 4.69) is 37.1 Å². The zero-order valence-corrected chi connectivity index (χ0v) is 16.6. The van der Waals surface area contributed by atoms with Crippen molar-refractivity contribution in [3.8, 4) is 5.82 Å². The fourth-order valence-corrected chi connectivity index (χ4v) is 3.01. The highest BCUT2D eigenvalue weighted by molar-refractivity contribution is 5.89. The molecule has 1 aromatic carbocycles. The number of carbonyl (C=O) groups is 1. The summed E-state index contributed by atoms with van der Waals surface area (Å²) in [5.74, 6) is 1.37. The van der Waals surface area contributed by atoms with E-state index >= 15 is 0 Å². The molecule has 8 heteroatoms. The van der Waals surface area contributed by atoms with Crippen molar-refractivity contribution in [3.63, 3.8) is 0 Å². The van der Waals surface area contributed by atoms with Crippen molar-refractivity contribution in [3.05, 3.63) is 59.2 Å². The summed E-state index contributed by atoms with van der Waals surface area (Å²) in [6, 6.07) is 9.52. The van der Waals surface area contributed by atoms with Gasteiger partial charge in [-0.2, -0.15) is 5.10 Å². The van der Waals surface area contributed by atoms with E-state index < -0.39 is 0 Å². The van der Waals surface area contributed by atoms with Crippen LogP contribution in [0.5, 0.6) is 0 Å². The van der Waals surface area contributed by atoms with E-state index in [9.17, 15) is 4.79 Å². The Hall–Kier alpha value is -3.42. The maximum Gasteiger partial charge on any atom is 0.319 e. The van der Waals surface area contributed by atoms with Crippen molar-refractivity contribution in [2.24, 2.45) is 0 Å². The van der Waals surface area contributed by atoms with Crippen molar-refractivity contribution in [2.75, 3.05) is 23.7 Å². The second kappa shape index (κ2) is 8.51. The Morgan fingerprint density at radius 1 is 0.964 bits per heavy atom. The Kier molecular flexibility index (Phi) is 5.88. The van der Waals surface area contributed by atoms with Crippen molar-refractivity contribution in [1.29, 1.82) is 0 Å². The summed E-state index contributed by atoms with van der Waals surface area (Å²) in [5.41, 5.74) is 4.95. The minimum Gasteiger partial charge on any atom is -0.368 e. The Bertz CT molecular complexity index is 960. The minimum atomic E-state index is -0.238. The van der Waals surface area contributed by atoms with Gasteiger partial charge in [-0.05, 0) is 57.0 Å². The number of anilines is 2. The molecule has 0 saturated carbocycles. The van der Waals surface area contributed by atoms with Crippen LogP contribution < -0.4 is 16.0 Å². The van der Waals surface area contributed by atoms with E-state index in [4.69, 9.17) is 0 Å². The lowest BCUT2D eigenvalue weighted by atomic mass is 10.1. The van der Waals surface area contributed by atoms with Gasteiger partial charge in [0.05, 0.1) is 5.69 Å². The zero-order valence-electron chi connectivity index (χ0n) is 16.6. The molecule has 0 aliphatic heterocycles. The van der Waals surface area contributed by atoms with Crippen LogP contribution in [-0.4, -0.2) is 38.9 Å². The van der Waals surface area contributed by atoms with Gasteiger partial charge in [0, 0.05) is 30.5 Å². The second-order valence-corrected chi connectivity index (χ2v) is 6.78. The first-order valence-corrected chi connectivity index (χ1v) is 9.13. The maximum absolute atomic E-state index is 12.0. The molecule has 3 rings (SSSR count). The number of nitrogens with one attached hydrogen (secondary N) is 3. The van der Waals surface area contributed by atoms with Crippen LogP contribution in [0.25, 0.3) is 5.82 Å². The maximum atomic E-state index is 12.0. The molecular formula is C20H25N7O. The molecular weight excluding hydrogens is 354 g/mol. The lowest BCUT2D eigenvalue weighted by Crippen LogP contribution is -2.32. The lowest BCUT2D eigenvalue weighted by Gasteiger charge is -2.10. The van der Waals surface area contributed by atoms with E-state index in [1.165, 1.54) is 6.33 Å². The molecule has 2 aromatic heterocycles. The standard InChI is InChI=1S/C20H25N7O/c1-13-7-14(2)9-17(8-13)25-20(28)22-6-5-21-18-11-19(24-12-23-18)27-16(4)10-15(3)26-27/h7-12H,5-6H2,1-4H3,(H,21,23,24)(H2,22,25,28). The van der Waals surface area contributed by atoms with Gasteiger partial charge >= 0.3 is 6.03 Å². The first-order valence-electron chi connectivity index (χ1n) is 9.13. The number of hydrogen-bond acceptors (Lipinski definition) is 5. The molecule has 2 heterocycles. The zero-order chi connectivity index (χ0) is 20.1. The summed E-state index contributed by atoms with van der Waals surface area (Å²) < 4.78 is 1.78. The monoisotopic (exact) mass is 379 g/mol. The molecule has 3 N–H and O–H groups in total. The minimum absolute atomic E-state index is 0.238. The van der Waals surface area contributed by atoms with Crippen LogP contribution in [0.3, 0.4) is 0 Å². The number of aromatic nitrogens is 4. The van der Waals surface area contributed by atoms with Crippen LogP contribution in [0.2, 0.25) is 0 Å². The number of amides is 2. The summed E-state index contributed by atoms with van der Waals surface area (Å²) in [4.78, 5) is 20.5. The summed E-state index contributed by atoms with van der Waals surface area (Å²) in [6.45, 7) is 8.92. The van der Waals surface area contributed by atoms with Gasteiger partial charge in [-0.15, -0.1) is 0 Å². The number of aryl methyl sites for hydroxylation is 4. The number of nitrogens with zero attached hydrogens (tertiary/aromatic N) is 4. The molecule has 3 aromatic rings. The molecule has 0 saturated heterocycles. The topological polar surface area (TPSA) is 96.8 Å². The highest BCUT2D eigenvalue weighted by atomic mass is 16.2. The van der Waals surface area contributed by atoms with Crippen molar-refractivity contribution >= 4 is 17.5 Å². The lowest BCUT2D eigenvalue weighted by molar-refractivity contribution is 0.252. The molecule has 0 radical (unpaired) electrons. The summed E-state index contributed by atoms with van der Waals surface area (Å²) in [5, 5.41) is 13.3. The molecule has 0 fully saturated rings. The molecule has 0 bridgehead atoms. The van der Waals surface area contributed by atoms with E-state index in [0.717, 1.165) is 28.2 Å². The number of carbonyl (C=O) groups excluding carboxylic acids is 1. The first kappa shape index (κ1) is 19.3. The van der Waals surface area contributed by atoms with E-state index in [-0.39, 0.29) is 6.03 Å². The average Bonchev–Trinajstić information content (AvgIpc) is 2.96. The van der Waals surface area contributed by atoms with Gasteiger partial charge < -0.3 is 16.0 Å². The fraction of sp³-hybridized carbons (Fsp3) is 0.300. The van der Waals surface area contributed by atoms with Gasteiger partial charge in [0.15, 0.2) is 5.82 Å². The molecule has 2 amide bonds. The third kappa shape index (κ3) is 5.06. The predicted octanol–water partition coefficient (Wildman–Crippen LogP) is 3.13. The largest absolute Gasteiger partial charge is 0.368 e. The fourth-order valence-electron chi connectivity index (χ4n) is 3.01. The van der Waals surface area contributed by atoms with Crippen molar-refractivity contribution in [2.45, 2.75) is 27.7 Å². The van der Waals surface area contributed by atoms with E-state index in [0.29, 0.717) is 24.7 Å².